The van der Waals surface area contributed by atoms with E-state index in [4.69, 9.17) is 0 Å². The van der Waals surface area contributed by atoms with Crippen molar-refractivity contribution in [2.24, 2.45) is 0 Å². The van der Waals surface area contributed by atoms with Crippen LogP contribution < -0.4 is 0 Å². The lowest BCUT2D eigenvalue weighted by molar-refractivity contribution is -0.115. The first-order valence-corrected chi connectivity index (χ1v) is 2.66. The zero-order valence-electron chi connectivity index (χ0n) is 5.48. The zero-order valence-corrected chi connectivity index (χ0v) is 5.48. The molecule has 0 heterocycles. The first-order chi connectivity index (χ1) is 4.18. The summed E-state index contributed by atoms with van der Waals surface area (Å²) in [5.74, 6) is -1.44. The third-order valence-corrected chi connectivity index (χ3v) is 0.690. The van der Waals surface area contributed by atoms with Crippen LogP contribution >= 0.6 is 0 Å². The first kappa shape index (κ1) is 8.14. The fourth-order valence-corrected chi connectivity index (χ4v) is 0.239. The van der Waals surface area contributed by atoms with E-state index >= 15 is 0 Å². The summed E-state index contributed by atoms with van der Waals surface area (Å²) < 4.78 is 16.6. The molecule has 0 bridgehead atoms. The maximum atomic E-state index is 12.1. The van der Waals surface area contributed by atoms with Gasteiger partial charge in [0, 0.05) is 6.92 Å². The average Bonchev–Trinajstić information content (AvgIpc) is 1.82. The molecule has 0 aromatic carbocycles. The van der Waals surface area contributed by atoms with E-state index in [1.54, 1.807) is 6.92 Å². The molecular formula is C6H9FO2. The summed E-state index contributed by atoms with van der Waals surface area (Å²) >= 11 is 0. The summed E-state index contributed by atoms with van der Waals surface area (Å²) in [7, 11) is 0. The third kappa shape index (κ3) is 3.70. The van der Waals surface area contributed by atoms with Crippen molar-refractivity contribution in [3.63, 3.8) is 0 Å². The molecule has 0 rings (SSSR count). The third-order valence-electron chi connectivity index (χ3n) is 0.690. The monoisotopic (exact) mass is 132 g/mol. The second-order valence-electron chi connectivity index (χ2n) is 1.48. The van der Waals surface area contributed by atoms with Crippen LogP contribution in [0.4, 0.5) is 4.39 Å². The highest BCUT2D eigenvalue weighted by atomic mass is 19.1. The van der Waals surface area contributed by atoms with Gasteiger partial charge < -0.3 is 4.74 Å². The van der Waals surface area contributed by atoms with Gasteiger partial charge in [0.2, 0.25) is 0 Å². The molecule has 0 amide bonds. The van der Waals surface area contributed by atoms with E-state index in [0.717, 1.165) is 13.2 Å². The topological polar surface area (TPSA) is 26.3 Å². The number of halogens is 1. The first-order valence-electron chi connectivity index (χ1n) is 2.66. The number of hydrogen-bond acceptors (Lipinski definition) is 2. The van der Waals surface area contributed by atoms with Gasteiger partial charge in [-0.05, 0) is 6.92 Å². The van der Waals surface area contributed by atoms with Crippen molar-refractivity contribution in [3.05, 3.63) is 12.1 Å². The molecule has 0 radical (unpaired) electrons. The Hall–Kier alpha value is -0.860. The summed E-state index contributed by atoms with van der Waals surface area (Å²) in [5, 5.41) is 0. The molecule has 0 spiro atoms. The van der Waals surface area contributed by atoms with Crippen LogP contribution in [0.1, 0.15) is 13.8 Å². The van der Waals surface area contributed by atoms with Crippen LogP contribution in [0.2, 0.25) is 0 Å². The maximum Gasteiger partial charge on any atom is 0.200 e. The molecule has 0 saturated heterocycles. The highest BCUT2D eigenvalue weighted by Crippen LogP contribution is 1.96. The molecule has 0 aromatic heterocycles. The van der Waals surface area contributed by atoms with E-state index in [2.05, 4.69) is 4.74 Å². The minimum atomic E-state index is -0.836. The standard InChI is InChI=1S/C6H9FO2/c1-3-9-4-6(7)5(2)8/h4H,3H2,1-2H3/b6-4+. The van der Waals surface area contributed by atoms with Crippen molar-refractivity contribution in [3.8, 4) is 0 Å². The molecule has 0 aromatic rings. The summed E-state index contributed by atoms with van der Waals surface area (Å²) in [5.41, 5.74) is 0. The minimum absolute atomic E-state index is 0.376. The predicted octanol–water partition coefficient (Wildman–Crippen LogP) is 1.42. The Morgan fingerprint density at radius 1 is 1.78 bits per heavy atom. The number of allylic oxidation sites excluding steroid dienone is 1. The van der Waals surface area contributed by atoms with Gasteiger partial charge in [-0.1, -0.05) is 0 Å². The SMILES string of the molecule is CCO/C=C(/F)C(C)=O. The number of ketones is 1. The fourth-order valence-electron chi connectivity index (χ4n) is 0.239. The van der Waals surface area contributed by atoms with E-state index in [0.29, 0.717) is 6.61 Å². The summed E-state index contributed by atoms with van der Waals surface area (Å²) in [6.07, 6.45) is 0.822. The molecule has 0 atom stereocenters. The van der Waals surface area contributed by atoms with Gasteiger partial charge in [0.25, 0.3) is 0 Å². The lowest BCUT2D eigenvalue weighted by Crippen LogP contribution is -1.91. The quantitative estimate of drug-likeness (QED) is 0.429. The second-order valence-corrected chi connectivity index (χ2v) is 1.48. The Bertz CT molecular complexity index is 129. The Morgan fingerprint density at radius 2 is 2.33 bits per heavy atom. The van der Waals surface area contributed by atoms with E-state index < -0.39 is 11.6 Å². The highest BCUT2D eigenvalue weighted by Gasteiger charge is 1.99. The lowest BCUT2D eigenvalue weighted by atomic mass is 10.4. The number of carbonyl (C=O) groups excluding carboxylic acids is 1. The Kier molecular flexibility index (Phi) is 3.67. The molecule has 0 aliphatic rings. The van der Waals surface area contributed by atoms with Gasteiger partial charge in [-0.3, -0.25) is 4.79 Å². The normalized spacial score (nSPS) is 11.2. The fraction of sp³-hybridized carbons (Fsp3) is 0.500. The van der Waals surface area contributed by atoms with Crippen LogP contribution in [-0.4, -0.2) is 12.4 Å². The van der Waals surface area contributed by atoms with Crippen molar-refractivity contribution in [2.45, 2.75) is 13.8 Å². The molecule has 2 nitrogen and oxygen atoms in total. The van der Waals surface area contributed by atoms with Crippen LogP contribution in [-0.2, 0) is 9.53 Å². The van der Waals surface area contributed by atoms with Gasteiger partial charge in [0.05, 0.1) is 6.61 Å². The average molecular weight is 132 g/mol. The van der Waals surface area contributed by atoms with Gasteiger partial charge in [-0.25, -0.2) is 0 Å². The van der Waals surface area contributed by atoms with Crippen molar-refractivity contribution in [2.75, 3.05) is 6.61 Å². The van der Waals surface area contributed by atoms with Crippen LogP contribution in [0.3, 0.4) is 0 Å². The van der Waals surface area contributed by atoms with Gasteiger partial charge in [-0.15, -0.1) is 0 Å². The molecule has 0 fully saturated rings. The number of ether oxygens (including phenoxy) is 1. The van der Waals surface area contributed by atoms with Crippen molar-refractivity contribution in [1.82, 2.24) is 0 Å². The van der Waals surface area contributed by atoms with Gasteiger partial charge in [0.15, 0.2) is 11.6 Å². The Labute approximate surface area is 53.3 Å². The van der Waals surface area contributed by atoms with Crippen LogP contribution in [0.5, 0.6) is 0 Å². The molecule has 3 heteroatoms. The van der Waals surface area contributed by atoms with Gasteiger partial charge in [-0.2, -0.15) is 4.39 Å². The summed E-state index contributed by atoms with van der Waals surface area (Å²) in [4.78, 5) is 10.1. The zero-order chi connectivity index (χ0) is 7.28. The summed E-state index contributed by atoms with van der Waals surface area (Å²) in [6, 6.07) is 0. The van der Waals surface area contributed by atoms with Crippen molar-refractivity contribution in [1.29, 1.82) is 0 Å². The molecule has 0 aliphatic carbocycles. The van der Waals surface area contributed by atoms with Crippen molar-refractivity contribution < 1.29 is 13.9 Å². The Balaban J connectivity index is 3.69. The maximum absolute atomic E-state index is 12.1. The second kappa shape index (κ2) is 4.06. The predicted molar refractivity (Wildman–Crippen MR) is 31.5 cm³/mol. The Morgan fingerprint density at radius 3 is 2.67 bits per heavy atom. The van der Waals surface area contributed by atoms with Gasteiger partial charge in [0.1, 0.15) is 6.26 Å². The van der Waals surface area contributed by atoms with Crippen molar-refractivity contribution >= 4 is 5.78 Å². The number of rotatable bonds is 3. The molecule has 9 heavy (non-hydrogen) atoms. The molecule has 0 aliphatic heterocycles. The van der Waals surface area contributed by atoms with E-state index in [9.17, 15) is 9.18 Å². The smallest absolute Gasteiger partial charge is 0.200 e. The highest BCUT2D eigenvalue weighted by molar-refractivity contribution is 5.90. The minimum Gasteiger partial charge on any atom is -0.498 e. The molecule has 0 unspecified atom stereocenters. The van der Waals surface area contributed by atoms with E-state index in [1.165, 1.54) is 0 Å². The molecule has 52 valence electrons. The molecular weight excluding hydrogens is 123 g/mol. The van der Waals surface area contributed by atoms with Crippen LogP contribution in [0, 0.1) is 0 Å². The number of hydrogen-bond donors (Lipinski definition) is 0. The van der Waals surface area contributed by atoms with Gasteiger partial charge >= 0.3 is 0 Å². The van der Waals surface area contributed by atoms with E-state index in [1.807, 2.05) is 0 Å². The van der Waals surface area contributed by atoms with Crippen LogP contribution in [0.15, 0.2) is 12.1 Å². The number of carbonyl (C=O) groups is 1. The van der Waals surface area contributed by atoms with E-state index in [-0.39, 0.29) is 0 Å². The number of Topliss-reactive ketones (excluding diaryl/α,β-unsaturated/α-hetero) is 1. The summed E-state index contributed by atoms with van der Waals surface area (Å²) in [6.45, 7) is 3.23. The lowest BCUT2D eigenvalue weighted by Gasteiger charge is -1.91. The molecule has 0 saturated carbocycles. The van der Waals surface area contributed by atoms with Crippen LogP contribution in [0.25, 0.3) is 0 Å². The molecule has 0 N–H and O–H groups in total. The largest absolute Gasteiger partial charge is 0.498 e.